The van der Waals surface area contributed by atoms with Gasteiger partial charge in [-0.1, -0.05) is 0 Å². The summed E-state index contributed by atoms with van der Waals surface area (Å²) in [4.78, 5) is 10.3. The molecule has 1 aliphatic heterocycles. The van der Waals surface area contributed by atoms with Crippen LogP contribution in [0.2, 0.25) is 0 Å². The molecule has 2 rings (SSSR count). The summed E-state index contributed by atoms with van der Waals surface area (Å²) >= 11 is 0. The summed E-state index contributed by atoms with van der Waals surface area (Å²) in [5.41, 5.74) is 5.94. The van der Waals surface area contributed by atoms with Gasteiger partial charge in [-0.05, 0) is 25.5 Å². The number of aryl methyl sites for hydroxylation is 1. The Morgan fingerprint density at radius 2 is 2.10 bits per heavy atom. The van der Waals surface area contributed by atoms with E-state index in [-0.39, 0.29) is 29.0 Å². The fourth-order valence-electron chi connectivity index (χ4n) is 2.11. The third-order valence-corrected chi connectivity index (χ3v) is 5.05. The molecule has 1 fully saturated rings. The summed E-state index contributed by atoms with van der Waals surface area (Å²) in [7, 11) is -3.61. The van der Waals surface area contributed by atoms with Crippen molar-refractivity contribution in [2.45, 2.75) is 24.3 Å². The van der Waals surface area contributed by atoms with Crippen LogP contribution in [0.5, 0.6) is 0 Å². The number of nitrogens with two attached hydrogens (primary N) is 1. The van der Waals surface area contributed by atoms with Gasteiger partial charge in [0.05, 0.1) is 9.82 Å². The van der Waals surface area contributed by atoms with E-state index in [2.05, 4.69) is 0 Å². The number of sulfonamides is 1. The summed E-state index contributed by atoms with van der Waals surface area (Å²) in [6, 6.07) is 3.67. The molecule has 1 atom stereocenters. The lowest BCUT2D eigenvalue weighted by Gasteiger charge is -2.16. The molecule has 0 aromatic heterocycles. The maximum absolute atomic E-state index is 12.3. The molecule has 0 bridgehead atoms. The van der Waals surface area contributed by atoms with Crippen molar-refractivity contribution < 1.29 is 13.3 Å². The zero-order valence-corrected chi connectivity index (χ0v) is 12.5. The van der Waals surface area contributed by atoms with Gasteiger partial charge in [0.15, 0.2) is 0 Å². The molecule has 0 amide bonds. The van der Waals surface area contributed by atoms with Crippen LogP contribution >= 0.6 is 12.4 Å². The van der Waals surface area contributed by atoms with E-state index in [0.717, 1.165) is 0 Å². The molecular formula is C11H16ClN3O4S. The number of nitro groups is 1. The Morgan fingerprint density at radius 3 is 2.55 bits per heavy atom. The quantitative estimate of drug-likeness (QED) is 0.661. The van der Waals surface area contributed by atoms with E-state index in [9.17, 15) is 18.5 Å². The zero-order chi connectivity index (χ0) is 14.2. The summed E-state index contributed by atoms with van der Waals surface area (Å²) in [6.07, 6.45) is 0.630. The predicted octanol–water partition coefficient (Wildman–Crippen LogP) is 1.05. The molecule has 0 unspecified atom stereocenters. The highest BCUT2D eigenvalue weighted by atomic mass is 35.5. The van der Waals surface area contributed by atoms with Gasteiger partial charge in [-0.3, -0.25) is 10.1 Å². The second-order valence-corrected chi connectivity index (χ2v) is 6.56. The molecule has 1 aromatic carbocycles. The van der Waals surface area contributed by atoms with E-state index in [1.165, 1.54) is 29.4 Å². The summed E-state index contributed by atoms with van der Waals surface area (Å²) in [5.74, 6) is 0. The fraction of sp³-hybridized carbons (Fsp3) is 0.455. The van der Waals surface area contributed by atoms with Crippen LogP contribution in [0.25, 0.3) is 0 Å². The second-order valence-electron chi connectivity index (χ2n) is 4.62. The van der Waals surface area contributed by atoms with Crippen molar-refractivity contribution in [3.05, 3.63) is 33.9 Å². The van der Waals surface area contributed by atoms with E-state index >= 15 is 0 Å². The van der Waals surface area contributed by atoms with Gasteiger partial charge in [-0.2, -0.15) is 4.31 Å². The van der Waals surface area contributed by atoms with Gasteiger partial charge in [0.2, 0.25) is 10.0 Å². The van der Waals surface area contributed by atoms with Crippen LogP contribution in [0.3, 0.4) is 0 Å². The van der Waals surface area contributed by atoms with Crippen LogP contribution in [0.15, 0.2) is 23.1 Å². The highest BCUT2D eigenvalue weighted by Crippen LogP contribution is 2.25. The number of nitrogens with zero attached hydrogens (tertiary/aromatic N) is 2. The molecule has 7 nitrogen and oxygen atoms in total. The van der Waals surface area contributed by atoms with Gasteiger partial charge < -0.3 is 5.73 Å². The first-order valence-electron chi connectivity index (χ1n) is 5.83. The minimum absolute atomic E-state index is 0. The molecule has 0 spiro atoms. The monoisotopic (exact) mass is 321 g/mol. The van der Waals surface area contributed by atoms with Gasteiger partial charge in [0.1, 0.15) is 0 Å². The van der Waals surface area contributed by atoms with Crippen LogP contribution < -0.4 is 5.73 Å². The molecule has 1 saturated heterocycles. The largest absolute Gasteiger partial charge is 0.326 e. The average Bonchev–Trinajstić information content (AvgIpc) is 2.76. The number of hydrogen-bond donors (Lipinski definition) is 1. The van der Waals surface area contributed by atoms with E-state index in [4.69, 9.17) is 5.73 Å². The molecule has 0 radical (unpaired) electrons. The molecule has 1 aromatic rings. The van der Waals surface area contributed by atoms with Gasteiger partial charge in [-0.15, -0.1) is 12.4 Å². The topological polar surface area (TPSA) is 107 Å². The first-order valence-corrected chi connectivity index (χ1v) is 7.27. The fourth-order valence-corrected chi connectivity index (χ4v) is 3.71. The minimum Gasteiger partial charge on any atom is -0.326 e. The van der Waals surface area contributed by atoms with Crippen molar-refractivity contribution in [2.75, 3.05) is 13.1 Å². The number of hydrogen-bond acceptors (Lipinski definition) is 5. The van der Waals surface area contributed by atoms with Crippen LogP contribution in [0, 0.1) is 17.0 Å². The standard InChI is InChI=1S/C11H15N3O4S.ClH/c1-8-6-10(2-3-11(8)14(15)16)19(17,18)13-5-4-9(12)7-13;/h2-3,6,9H,4-5,7,12H2,1H3;1H/t9-;/m1./s1. The highest BCUT2D eigenvalue weighted by Gasteiger charge is 2.31. The maximum atomic E-state index is 12.3. The lowest BCUT2D eigenvalue weighted by Crippen LogP contribution is -2.32. The number of halogens is 1. The molecule has 112 valence electrons. The number of benzene rings is 1. The summed E-state index contributed by atoms with van der Waals surface area (Å²) < 4.78 is 25.9. The van der Waals surface area contributed by atoms with Crippen molar-refractivity contribution in [3.63, 3.8) is 0 Å². The average molecular weight is 322 g/mol. The summed E-state index contributed by atoms with van der Waals surface area (Å²) in [5, 5.41) is 10.7. The normalized spacial score (nSPS) is 19.6. The Morgan fingerprint density at radius 1 is 1.45 bits per heavy atom. The highest BCUT2D eigenvalue weighted by molar-refractivity contribution is 7.89. The SMILES string of the molecule is Cc1cc(S(=O)(=O)N2CC[C@@H](N)C2)ccc1[N+](=O)[O-].Cl. The van der Waals surface area contributed by atoms with Crippen molar-refractivity contribution in [1.82, 2.24) is 4.31 Å². The molecule has 1 heterocycles. The Hall–Kier alpha value is -1.22. The lowest BCUT2D eigenvalue weighted by atomic mass is 10.2. The Labute approximate surface area is 123 Å². The van der Waals surface area contributed by atoms with Gasteiger partial charge in [-0.25, -0.2) is 8.42 Å². The first-order chi connectivity index (χ1) is 8.82. The summed E-state index contributed by atoms with van der Waals surface area (Å²) in [6.45, 7) is 2.20. The van der Waals surface area contributed by atoms with Gasteiger partial charge >= 0.3 is 0 Å². The van der Waals surface area contributed by atoms with Crippen LogP contribution in [0.4, 0.5) is 5.69 Å². The van der Waals surface area contributed by atoms with E-state index in [1.807, 2.05) is 0 Å². The van der Waals surface area contributed by atoms with Crippen molar-refractivity contribution in [2.24, 2.45) is 5.73 Å². The van der Waals surface area contributed by atoms with Gasteiger partial charge in [0, 0.05) is 30.8 Å². The second kappa shape index (κ2) is 6.04. The molecule has 1 aliphatic rings. The predicted molar refractivity (Wildman–Crippen MR) is 76.4 cm³/mol. The van der Waals surface area contributed by atoms with Crippen molar-refractivity contribution in [3.8, 4) is 0 Å². The first kappa shape index (κ1) is 16.8. The lowest BCUT2D eigenvalue weighted by molar-refractivity contribution is -0.385. The molecule has 20 heavy (non-hydrogen) atoms. The number of rotatable bonds is 3. The van der Waals surface area contributed by atoms with Crippen molar-refractivity contribution >= 4 is 28.1 Å². The molecule has 9 heteroatoms. The maximum Gasteiger partial charge on any atom is 0.272 e. The van der Waals surface area contributed by atoms with Crippen LogP contribution in [-0.4, -0.2) is 36.8 Å². The minimum atomic E-state index is -3.61. The van der Waals surface area contributed by atoms with Crippen LogP contribution in [0.1, 0.15) is 12.0 Å². The Bertz CT molecular complexity index is 620. The van der Waals surface area contributed by atoms with Crippen LogP contribution in [-0.2, 0) is 10.0 Å². The number of nitro benzene ring substituents is 1. The Kier molecular flexibility index (Phi) is 5.09. The molecule has 0 aliphatic carbocycles. The molecule has 0 saturated carbocycles. The van der Waals surface area contributed by atoms with E-state index < -0.39 is 14.9 Å². The molecule has 2 N–H and O–H groups in total. The smallest absolute Gasteiger partial charge is 0.272 e. The third kappa shape index (κ3) is 3.09. The van der Waals surface area contributed by atoms with E-state index in [1.54, 1.807) is 0 Å². The zero-order valence-electron chi connectivity index (χ0n) is 10.9. The molecular weight excluding hydrogens is 306 g/mol. The third-order valence-electron chi connectivity index (χ3n) is 3.19. The Balaban J connectivity index is 0.00000200. The van der Waals surface area contributed by atoms with E-state index in [0.29, 0.717) is 25.1 Å². The van der Waals surface area contributed by atoms with Gasteiger partial charge in [0.25, 0.3) is 5.69 Å². The van der Waals surface area contributed by atoms with Crippen molar-refractivity contribution in [1.29, 1.82) is 0 Å².